The molecule has 1 heterocycles. The van der Waals surface area contributed by atoms with Crippen molar-refractivity contribution in [3.63, 3.8) is 0 Å². The summed E-state index contributed by atoms with van der Waals surface area (Å²) in [5.41, 5.74) is 1.80. The van der Waals surface area contributed by atoms with Crippen LogP contribution in [-0.2, 0) is 9.53 Å². The van der Waals surface area contributed by atoms with Crippen LogP contribution in [-0.4, -0.2) is 39.6 Å². The smallest absolute Gasteiger partial charge is 0.308 e. The first-order chi connectivity index (χ1) is 7.47. The SMILES string of the molecule is COC(=O)CC(O)C(O)c1c(C)n[nH]c1C. The monoisotopic (exact) mass is 228 g/mol. The number of esters is 1. The number of methoxy groups -OCH3 is 1. The van der Waals surface area contributed by atoms with Crippen molar-refractivity contribution in [2.45, 2.75) is 32.5 Å². The molecule has 0 amide bonds. The lowest BCUT2D eigenvalue weighted by atomic mass is 10.0. The van der Waals surface area contributed by atoms with Crippen LogP contribution in [0, 0.1) is 13.8 Å². The summed E-state index contributed by atoms with van der Waals surface area (Å²) in [5.74, 6) is -0.564. The Hall–Kier alpha value is -1.40. The Labute approximate surface area is 93.2 Å². The van der Waals surface area contributed by atoms with Gasteiger partial charge in [0, 0.05) is 11.3 Å². The van der Waals surface area contributed by atoms with E-state index in [1.807, 2.05) is 0 Å². The minimum Gasteiger partial charge on any atom is -0.469 e. The number of ether oxygens (including phenoxy) is 1. The second kappa shape index (κ2) is 5.09. The Bertz CT molecular complexity index is 355. The van der Waals surface area contributed by atoms with E-state index in [9.17, 15) is 15.0 Å². The Morgan fingerprint density at radius 3 is 2.56 bits per heavy atom. The molecule has 0 saturated heterocycles. The summed E-state index contributed by atoms with van der Waals surface area (Å²) in [6.45, 7) is 3.45. The third kappa shape index (κ3) is 2.59. The van der Waals surface area contributed by atoms with Gasteiger partial charge in [0.1, 0.15) is 6.10 Å². The third-order valence-electron chi connectivity index (χ3n) is 2.45. The largest absolute Gasteiger partial charge is 0.469 e. The highest BCUT2D eigenvalue weighted by Crippen LogP contribution is 2.24. The normalized spacial score (nSPS) is 14.6. The lowest BCUT2D eigenvalue weighted by Crippen LogP contribution is -2.23. The zero-order valence-corrected chi connectivity index (χ0v) is 9.52. The highest BCUT2D eigenvalue weighted by Gasteiger charge is 2.25. The number of aromatic amines is 1. The van der Waals surface area contributed by atoms with Crippen LogP contribution in [0.1, 0.15) is 29.5 Å². The fourth-order valence-corrected chi connectivity index (χ4v) is 1.55. The molecule has 16 heavy (non-hydrogen) atoms. The van der Waals surface area contributed by atoms with Crippen molar-refractivity contribution in [3.8, 4) is 0 Å². The van der Waals surface area contributed by atoms with Crippen molar-refractivity contribution in [2.24, 2.45) is 0 Å². The van der Waals surface area contributed by atoms with Crippen molar-refractivity contribution in [1.29, 1.82) is 0 Å². The number of hydrogen-bond donors (Lipinski definition) is 3. The van der Waals surface area contributed by atoms with Crippen molar-refractivity contribution < 1.29 is 19.7 Å². The number of aromatic nitrogens is 2. The standard InChI is InChI=1S/C10H16N2O4/c1-5-9(6(2)12-11-5)10(15)7(13)4-8(14)16-3/h7,10,13,15H,4H2,1-3H3,(H,11,12). The van der Waals surface area contributed by atoms with Gasteiger partial charge in [0.2, 0.25) is 0 Å². The summed E-state index contributed by atoms with van der Waals surface area (Å²) in [7, 11) is 1.23. The molecule has 0 aliphatic rings. The average Bonchev–Trinajstić information content (AvgIpc) is 2.57. The number of carbonyl (C=O) groups is 1. The van der Waals surface area contributed by atoms with Gasteiger partial charge in [0.05, 0.1) is 25.3 Å². The molecule has 2 atom stereocenters. The molecule has 6 heteroatoms. The van der Waals surface area contributed by atoms with Crippen molar-refractivity contribution >= 4 is 5.97 Å². The zero-order valence-electron chi connectivity index (χ0n) is 9.52. The van der Waals surface area contributed by atoms with Gasteiger partial charge in [-0.25, -0.2) is 0 Å². The molecule has 90 valence electrons. The van der Waals surface area contributed by atoms with E-state index in [2.05, 4.69) is 14.9 Å². The Balaban J connectivity index is 2.78. The number of aliphatic hydroxyl groups is 2. The number of hydrogen-bond acceptors (Lipinski definition) is 5. The van der Waals surface area contributed by atoms with Gasteiger partial charge < -0.3 is 14.9 Å². The predicted molar refractivity (Wildman–Crippen MR) is 55.7 cm³/mol. The first-order valence-electron chi connectivity index (χ1n) is 4.91. The van der Waals surface area contributed by atoms with E-state index in [4.69, 9.17) is 0 Å². The van der Waals surface area contributed by atoms with Crippen molar-refractivity contribution in [3.05, 3.63) is 17.0 Å². The average molecular weight is 228 g/mol. The van der Waals surface area contributed by atoms with E-state index in [0.29, 0.717) is 17.0 Å². The number of aliphatic hydroxyl groups excluding tert-OH is 2. The molecule has 0 aliphatic carbocycles. The number of nitrogens with zero attached hydrogens (tertiary/aromatic N) is 1. The van der Waals surface area contributed by atoms with Crippen LogP contribution in [0.15, 0.2) is 0 Å². The fourth-order valence-electron chi connectivity index (χ4n) is 1.55. The lowest BCUT2D eigenvalue weighted by molar-refractivity contribution is -0.144. The molecular formula is C10H16N2O4. The summed E-state index contributed by atoms with van der Waals surface area (Å²) >= 11 is 0. The number of rotatable bonds is 4. The molecule has 0 saturated carbocycles. The fraction of sp³-hybridized carbons (Fsp3) is 0.600. The van der Waals surface area contributed by atoms with Crippen LogP contribution >= 0.6 is 0 Å². The number of nitrogens with one attached hydrogen (secondary N) is 1. The van der Waals surface area contributed by atoms with E-state index in [-0.39, 0.29) is 6.42 Å². The van der Waals surface area contributed by atoms with Crippen LogP contribution in [0.5, 0.6) is 0 Å². The topological polar surface area (TPSA) is 95.4 Å². The Kier molecular flexibility index (Phi) is 4.03. The van der Waals surface area contributed by atoms with Crippen LogP contribution in [0.2, 0.25) is 0 Å². The third-order valence-corrected chi connectivity index (χ3v) is 2.45. The van der Waals surface area contributed by atoms with E-state index in [1.54, 1.807) is 13.8 Å². The van der Waals surface area contributed by atoms with Gasteiger partial charge in [-0.3, -0.25) is 9.89 Å². The van der Waals surface area contributed by atoms with Gasteiger partial charge >= 0.3 is 5.97 Å². The Morgan fingerprint density at radius 2 is 2.12 bits per heavy atom. The molecule has 1 aromatic rings. The van der Waals surface area contributed by atoms with Crippen molar-refractivity contribution in [2.75, 3.05) is 7.11 Å². The number of aryl methyl sites for hydroxylation is 2. The molecular weight excluding hydrogens is 212 g/mol. The zero-order chi connectivity index (χ0) is 12.3. The molecule has 0 aromatic carbocycles. The summed E-state index contributed by atoms with van der Waals surface area (Å²) in [5, 5.41) is 26.1. The molecule has 1 rings (SSSR count). The Morgan fingerprint density at radius 1 is 1.50 bits per heavy atom. The van der Waals surface area contributed by atoms with Crippen molar-refractivity contribution in [1.82, 2.24) is 10.2 Å². The molecule has 1 aromatic heterocycles. The maximum Gasteiger partial charge on any atom is 0.308 e. The molecule has 0 aliphatic heterocycles. The van der Waals surface area contributed by atoms with E-state index < -0.39 is 18.2 Å². The predicted octanol–water partition coefficient (Wildman–Crippen LogP) is -0.0161. The van der Waals surface area contributed by atoms with E-state index in [0.717, 1.165) is 0 Å². The van der Waals surface area contributed by atoms with Gasteiger partial charge in [-0.05, 0) is 13.8 Å². The van der Waals surface area contributed by atoms with Crippen LogP contribution in [0.4, 0.5) is 0 Å². The molecule has 0 radical (unpaired) electrons. The van der Waals surface area contributed by atoms with Gasteiger partial charge in [-0.15, -0.1) is 0 Å². The quantitative estimate of drug-likeness (QED) is 0.630. The highest BCUT2D eigenvalue weighted by atomic mass is 16.5. The molecule has 0 fully saturated rings. The molecule has 0 spiro atoms. The maximum absolute atomic E-state index is 10.9. The minimum absolute atomic E-state index is 0.248. The number of carbonyl (C=O) groups excluding carboxylic acids is 1. The number of H-pyrrole nitrogens is 1. The van der Waals surface area contributed by atoms with Crippen LogP contribution in [0.25, 0.3) is 0 Å². The van der Waals surface area contributed by atoms with Crippen LogP contribution in [0.3, 0.4) is 0 Å². The second-order valence-electron chi connectivity index (χ2n) is 3.64. The van der Waals surface area contributed by atoms with Gasteiger partial charge in [-0.2, -0.15) is 5.10 Å². The van der Waals surface area contributed by atoms with E-state index >= 15 is 0 Å². The first kappa shape index (κ1) is 12.7. The summed E-state index contributed by atoms with van der Waals surface area (Å²) in [6, 6.07) is 0. The molecule has 2 unspecified atom stereocenters. The highest BCUT2D eigenvalue weighted by molar-refractivity contribution is 5.69. The summed E-state index contributed by atoms with van der Waals surface area (Å²) < 4.78 is 4.42. The molecule has 6 nitrogen and oxygen atoms in total. The minimum atomic E-state index is -1.19. The first-order valence-corrected chi connectivity index (χ1v) is 4.91. The molecule has 3 N–H and O–H groups in total. The molecule has 0 bridgehead atoms. The van der Waals surface area contributed by atoms with Gasteiger partial charge in [0.25, 0.3) is 0 Å². The summed E-state index contributed by atoms with van der Waals surface area (Å²) in [6.07, 6.45) is -2.58. The van der Waals surface area contributed by atoms with Gasteiger partial charge in [0.15, 0.2) is 0 Å². The lowest BCUT2D eigenvalue weighted by Gasteiger charge is -2.17. The summed E-state index contributed by atoms with van der Waals surface area (Å²) in [4.78, 5) is 10.9. The van der Waals surface area contributed by atoms with E-state index in [1.165, 1.54) is 7.11 Å². The maximum atomic E-state index is 10.9. The van der Waals surface area contributed by atoms with Gasteiger partial charge in [-0.1, -0.05) is 0 Å². The second-order valence-corrected chi connectivity index (χ2v) is 3.64. The van der Waals surface area contributed by atoms with Crippen LogP contribution < -0.4 is 0 Å².